The molecular weight excluding hydrogens is 283 g/mol. The van der Waals surface area contributed by atoms with Gasteiger partial charge in [-0.1, -0.05) is 6.92 Å². The quantitative estimate of drug-likeness (QED) is 0.838. The van der Waals surface area contributed by atoms with Crippen LogP contribution in [0.4, 0.5) is 4.39 Å². The van der Waals surface area contributed by atoms with E-state index in [1.165, 1.54) is 24.3 Å². The lowest BCUT2D eigenvalue weighted by atomic mass is 9.98. The van der Waals surface area contributed by atoms with Gasteiger partial charge in [-0.15, -0.1) is 0 Å². The summed E-state index contributed by atoms with van der Waals surface area (Å²) in [6.07, 6.45) is 1.09. The third-order valence-corrected chi connectivity index (χ3v) is 4.53. The highest BCUT2D eigenvalue weighted by Gasteiger charge is 2.29. The summed E-state index contributed by atoms with van der Waals surface area (Å²) in [7, 11) is 0. The Bertz CT molecular complexity index is 494. The Morgan fingerprint density at radius 1 is 1.18 bits per heavy atom. The average Bonchev–Trinajstić information content (AvgIpc) is 2.54. The number of benzene rings is 1. The zero-order valence-corrected chi connectivity index (χ0v) is 13.6. The van der Waals surface area contributed by atoms with Crippen LogP contribution in [-0.2, 0) is 4.79 Å². The van der Waals surface area contributed by atoms with Crippen molar-refractivity contribution in [2.45, 2.75) is 32.7 Å². The first kappa shape index (κ1) is 16.7. The molecule has 0 spiro atoms. The van der Waals surface area contributed by atoms with Crippen LogP contribution in [0.2, 0.25) is 0 Å². The lowest BCUT2D eigenvalue weighted by Crippen LogP contribution is -2.56. The lowest BCUT2D eigenvalue weighted by Gasteiger charge is -2.43. The van der Waals surface area contributed by atoms with Gasteiger partial charge >= 0.3 is 0 Å². The largest absolute Gasteiger partial charge is 0.484 e. The molecule has 22 heavy (non-hydrogen) atoms. The normalized spacial score (nSPS) is 16.6. The van der Waals surface area contributed by atoms with Gasteiger partial charge in [0.05, 0.1) is 0 Å². The fraction of sp³-hybridized carbons (Fsp3) is 0.588. The maximum atomic E-state index is 12.8. The molecule has 0 aliphatic carbocycles. The van der Waals surface area contributed by atoms with E-state index in [1.807, 2.05) is 4.90 Å². The molecule has 0 radical (unpaired) electrons. The van der Waals surface area contributed by atoms with Crippen LogP contribution in [0.15, 0.2) is 24.3 Å². The molecule has 0 saturated carbocycles. The summed E-state index contributed by atoms with van der Waals surface area (Å²) in [5, 5.41) is 0. The smallest absolute Gasteiger partial charge is 0.260 e. The molecule has 1 aromatic rings. The fourth-order valence-electron chi connectivity index (χ4n) is 2.55. The number of amides is 1. The van der Waals surface area contributed by atoms with Gasteiger partial charge in [-0.05, 0) is 44.5 Å². The van der Waals surface area contributed by atoms with Crippen molar-refractivity contribution in [3.8, 4) is 5.75 Å². The van der Waals surface area contributed by atoms with Crippen LogP contribution < -0.4 is 4.74 Å². The average molecular weight is 308 g/mol. The van der Waals surface area contributed by atoms with E-state index in [2.05, 4.69) is 25.7 Å². The molecule has 1 aromatic carbocycles. The van der Waals surface area contributed by atoms with Gasteiger partial charge in [-0.2, -0.15) is 0 Å². The van der Waals surface area contributed by atoms with Gasteiger partial charge in [0.15, 0.2) is 6.61 Å². The molecule has 1 saturated heterocycles. The Labute approximate surface area is 131 Å². The van der Waals surface area contributed by atoms with Crippen molar-refractivity contribution in [1.82, 2.24) is 9.80 Å². The number of rotatable bonds is 5. The molecular formula is C17H25FN2O2. The van der Waals surface area contributed by atoms with Crippen molar-refractivity contribution in [3.05, 3.63) is 30.1 Å². The van der Waals surface area contributed by atoms with Gasteiger partial charge in [-0.3, -0.25) is 9.69 Å². The molecule has 1 aliphatic heterocycles. The SMILES string of the molecule is CCC(C)(C)N1CCN(C(=O)COc2ccc(F)cc2)CC1. The molecule has 4 nitrogen and oxygen atoms in total. The lowest BCUT2D eigenvalue weighted by molar-refractivity contribution is -0.136. The Hall–Kier alpha value is -1.62. The van der Waals surface area contributed by atoms with Crippen molar-refractivity contribution in [2.75, 3.05) is 32.8 Å². The van der Waals surface area contributed by atoms with Gasteiger partial charge in [0.25, 0.3) is 5.91 Å². The summed E-state index contributed by atoms with van der Waals surface area (Å²) < 4.78 is 18.2. The highest BCUT2D eigenvalue weighted by Crippen LogP contribution is 2.20. The molecule has 122 valence electrons. The van der Waals surface area contributed by atoms with Crippen LogP contribution in [0, 0.1) is 5.82 Å². The Morgan fingerprint density at radius 2 is 1.77 bits per heavy atom. The number of halogens is 1. The molecule has 0 unspecified atom stereocenters. The van der Waals surface area contributed by atoms with E-state index in [9.17, 15) is 9.18 Å². The predicted octanol–water partition coefficient (Wildman–Crippen LogP) is 2.54. The van der Waals surface area contributed by atoms with E-state index in [0.717, 1.165) is 32.6 Å². The summed E-state index contributed by atoms with van der Waals surface area (Å²) in [6.45, 7) is 9.91. The van der Waals surface area contributed by atoms with Gasteiger partial charge in [0.1, 0.15) is 11.6 Å². The molecule has 1 aliphatic rings. The van der Waals surface area contributed by atoms with Gasteiger partial charge in [0.2, 0.25) is 0 Å². The van der Waals surface area contributed by atoms with Crippen LogP contribution in [-0.4, -0.2) is 54.0 Å². The van der Waals surface area contributed by atoms with Gasteiger partial charge < -0.3 is 9.64 Å². The van der Waals surface area contributed by atoms with Crippen LogP contribution in [0.5, 0.6) is 5.75 Å². The molecule has 1 fully saturated rings. The fourth-order valence-corrected chi connectivity index (χ4v) is 2.55. The molecule has 5 heteroatoms. The molecule has 0 aromatic heterocycles. The first-order valence-corrected chi connectivity index (χ1v) is 7.83. The zero-order valence-electron chi connectivity index (χ0n) is 13.6. The number of piperazine rings is 1. The second-order valence-corrected chi connectivity index (χ2v) is 6.28. The first-order valence-electron chi connectivity index (χ1n) is 7.83. The van der Waals surface area contributed by atoms with E-state index in [0.29, 0.717) is 5.75 Å². The van der Waals surface area contributed by atoms with Crippen LogP contribution in [0.25, 0.3) is 0 Å². The molecule has 1 heterocycles. The summed E-state index contributed by atoms with van der Waals surface area (Å²) in [6, 6.07) is 5.71. The third-order valence-electron chi connectivity index (χ3n) is 4.53. The van der Waals surface area contributed by atoms with Crippen LogP contribution >= 0.6 is 0 Å². The number of hydrogen-bond acceptors (Lipinski definition) is 3. The summed E-state index contributed by atoms with van der Waals surface area (Å²) in [5.74, 6) is 0.187. The highest BCUT2D eigenvalue weighted by molar-refractivity contribution is 5.77. The van der Waals surface area contributed by atoms with Crippen LogP contribution in [0.1, 0.15) is 27.2 Å². The second kappa shape index (κ2) is 7.09. The standard InChI is InChI=1S/C17H25FN2O2/c1-4-17(2,3)20-11-9-19(10-12-20)16(21)13-22-15-7-5-14(18)6-8-15/h5-8H,4,9-13H2,1-3H3. The van der Waals surface area contributed by atoms with E-state index in [-0.39, 0.29) is 23.9 Å². The van der Waals surface area contributed by atoms with Crippen molar-refractivity contribution >= 4 is 5.91 Å². The van der Waals surface area contributed by atoms with E-state index in [1.54, 1.807) is 0 Å². The minimum Gasteiger partial charge on any atom is -0.484 e. The predicted molar refractivity (Wildman–Crippen MR) is 84.4 cm³/mol. The second-order valence-electron chi connectivity index (χ2n) is 6.28. The van der Waals surface area contributed by atoms with Crippen molar-refractivity contribution in [3.63, 3.8) is 0 Å². The van der Waals surface area contributed by atoms with Crippen LogP contribution in [0.3, 0.4) is 0 Å². The molecule has 0 bridgehead atoms. The Balaban J connectivity index is 1.79. The minimum absolute atomic E-state index is 0.00278. The van der Waals surface area contributed by atoms with Gasteiger partial charge in [-0.25, -0.2) is 4.39 Å². The number of carbonyl (C=O) groups excluding carboxylic acids is 1. The summed E-state index contributed by atoms with van der Waals surface area (Å²) in [4.78, 5) is 16.4. The van der Waals surface area contributed by atoms with Crippen molar-refractivity contribution in [1.29, 1.82) is 0 Å². The van der Waals surface area contributed by atoms with Crippen molar-refractivity contribution < 1.29 is 13.9 Å². The first-order chi connectivity index (χ1) is 10.4. The number of nitrogens with zero attached hydrogens (tertiary/aromatic N) is 2. The third kappa shape index (κ3) is 4.19. The van der Waals surface area contributed by atoms with Gasteiger partial charge in [0, 0.05) is 31.7 Å². The topological polar surface area (TPSA) is 32.8 Å². The Kier molecular flexibility index (Phi) is 5.40. The van der Waals surface area contributed by atoms with E-state index < -0.39 is 0 Å². The zero-order chi connectivity index (χ0) is 16.2. The minimum atomic E-state index is -0.312. The van der Waals surface area contributed by atoms with E-state index in [4.69, 9.17) is 4.74 Å². The maximum Gasteiger partial charge on any atom is 0.260 e. The highest BCUT2D eigenvalue weighted by atomic mass is 19.1. The number of carbonyl (C=O) groups is 1. The molecule has 0 N–H and O–H groups in total. The summed E-state index contributed by atoms with van der Waals surface area (Å²) in [5.41, 5.74) is 0.180. The number of hydrogen-bond donors (Lipinski definition) is 0. The Morgan fingerprint density at radius 3 is 2.32 bits per heavy atom. The van der Waals surface area contributed by atoms with Crippen molar-refractivity contribution in [2.24, 2.45) is 0 Å². The monoisotopic (exact) mass is 308 g/mol. The molecule has 1 amide bonds. The van der Waals surface area contributed by atoms with E-state index >= 15 is 0 Å². The summed E-state index contributed by atoms with van der Waals surface area (Å²) >= 11 is 0. The maximum absolute atomic E-state index is 12.8. The number of ether oxygens (including phenoxy) is 1. The molecule has 2 rings (SSSR count). The molecule has 0 atom stereocenters.